The molecule has 1 N–H and O–H groups in total. The number of piperazine rings is 1. The van der Waals surface area contributed by atoms with Crippen molar-refractivity contribution in [1.29, 1.82) is 0 Å². The van der Waals surface area contributed by atoms with Crippen LogP contribution in [-0.4, -0.2) is 59.9 Å². The third kappa shape index (κ3) is 2.95. The van der Waals surface area contributed by atoms with Gasteiger partial charge in [-0.25, -0.2) is 0 Å². The molecular weight excluding hydrogens is 394 g/mol. The number of ether oxygens (including phenoxy) is 2. The molecule has 7 heteroatoms. The molecule has 1 aromatic heterocycles. The van der Waals surface area contributed by atoms with Crippen molar-refractivity contribution < 1.29 is 19.1 Å². The predicted molar refractivity (Wildman–Crippen MR) is 116 cm³/mol. The number of carbonyl (C=O) groups is 2. The van der Waals surface area contributed by atoms with E-state index in [0.717, 1.165) is 27.7 Å². The number of amides is 2. The maximum Gasteiger partial charge on any atom is 0.245 e. The molecule has 3 heterocycles. The third-order valence-corrected chi connectivity index (χ3v) is 6.26. The van der Waals surface area contributed by atoms with Gasteiger partial charge in [0.05, 0.1) is 26.3 Å². The van der Waals surface area contributed by atoms with E-state index in [1.54, 1.807) is 19.1 Å². The van der Waals surface area contributed by atoms with Gasteiger partial charge >= 0.3 is 0 Å². The molecule has 0 radical (unpaired) electrons. The highest BCUT2D eigenvalue weighted by molar-refractivity contribution is 5.97. The van der Waals surface area contributed by atoms with Crippen LogP contribution in [0.3, 0.4) is 0 Å². The molecule has 2 aliphatic heterocycles. The van der Waals surface area contributed by atoms with Gasteiger partial charge in [0.25, 0.3) is 0 Å². The Labute approximate surface area is 180 Å². The highest BCUT2D eigenvalue weighted by atomic mass is 16.5. The van der Waals surface area contributed by atoms with Crippen LogP contribution in [0.5, 0.6) is 11.5 Å². The van der Waals surface area contributed by atoms with Gasteiger partial charge < -0.3 is 24.3 Å². The Balaban J connectivity index is 1.72. The zero-order valence-electron chi connectivity index (χ0n) is 17.8. The number of rotatable bonds is 4. The van der Waals surface area contributed by atoms with Gasteiger partial charge in [-0.2, -0.15) is 0 Å². The predicted octanol–water partition coefficient (Wildman–Crippen LogP) is 2.89. The van der Waals surface area contributed by atoms with Gasteiger partial charge in [0, 0.05) is 30.1 Å². The van der Waals surface area contributed by atoms with Gasteiger partial charge in [-0.15, -0.1) is 0 Å². The van der Waals surface area contributed by atoms with Gasteiger partial charge in [0.2, 0.25) is 11.8 Å². The van der Waals surface area contributed by atoms with Crippen molar-refractivity contribution in [2.45, 2.75) is 25.4 Å². The fourth-order valence-corrected chi connectivity index (χ4v) is 4.88. The lowest BCUT2D eigenvalue weighted by atomic mass is 9.86. The van der Waals surface area contributed by atoms with Crippen molar-refractivity contribution in [2.24, 2.45) is 0 Å². The fourth-order valence-electron chi connectivity index (χ4n) is 4.88. The van der Waals surface area contributed by atoms with Gasteiger partial charge in [0.1, 0.15) is 6.04 Å². The van der Waals surface area contributed by atoms with E-state index in [2.05, 4.69) is 11.1 Å². The van der Waals surface area contributed by atoms with E-state index >= 15 is 0 Å². The molecule has 0 unspecified atom stereocenters. The summed E-state index contributed by atoms with van der Waals surface area (Å²) in [5.74, 6) is 1.17. The summed E-state index contributed by atoms with van der Waals surface area (Å²) in [7, 11) is 3.29. The van der Waals surface area contributed by atoms with Gasteiger partial charge in [0.15, 0.2) is 11.5 Å². The lowest BCUT2D eigenvalue weighted by Crippen LogP contribution is -2.62. The first kappa shape index (κ1) is 19.5. The van der Waals surface area contributed by atoms with Crippen molar-refractivity contribution in [2.75, 3.05) is 27.3 Å². The first-order chi connectivity index (χ1) is 15.0. The normalized spacial score (nSPS) is 20.6. The highest BCUT2D eigenvalue weighted by Gasteiger charge is 2.47. The molecule has 5 rings (SSSR count). The van der Waals surface area contributed by atoms with Crippen LogP contribution < -0.4 is 9.47 Å². The number of benzene rings is 2. The largest absolute Gasteiger partial charge is 0.493 e. The monoisotopic (exact) mass is 419 g/mol. The summed E-state index contributed by atoms with van der Waals surface area (Å²) >= 11 is 0. The van der Waals surface area contributed by atoms with Crippen molar-refractivity contribution in [3.05, 3.63) is 59.3 Å². The van der Waals surface area contributed by atoms with Crippen molar-refractivity contribution in [3.63, 3.8) is 0 Å². The van der Waals surface area contributed by atoms with Crippen LogP contribution >= 0.6 is 0 Å². The third-order valence-electron chi connectivity index (χ3n) is 6.26. The summed E-state index contributed by atoms with van der Waals surface area (Å²) in [6.07, 6.45) is 0.499. The van der Waals surface area contributed by atoms with Crippen molar-refractivity contribution in [1.82, 2.24) is 14.8 Å². The number of para-hydroxylation sites is 1. The smallest absolute Gasteiger partial charge is 0.245 e. The molecule has 160 valence electrons. The second-order valence-corrected chi connectivity index (χ2v) is 8.02. The quantitative estimate of drug-likeness (QED) is 0.706. The van der Waals surface area contributed by atoms with E-state index in [9.17, 15) is 9.59 Å². The van der Waals surface area contributed by atoms with Gasteiger partial charge in [-0.05, 0) is 36.2 Å². The first-order valence-electron chi connectivity index (χ1n) is 10.5. The summed E-state index contributed by atoms with van der Waals surface area (Å²) in [6.45, 7) is 2.53. The molecule has 0 spiro atoms. The minimum Gasteiger partial charge on any atom is -0.493 e. The first-order valence-corrected chi connectivity index (χ1v) is 10.5. The Hall–Kier alpha value is -3.48. The maximum atomic E-state index is 13.2. The summed E-state index contributed by atoms with van der Waals surface area (Å²) in [5.41, 5.74) is 3.92. The second-order valence-electron chi connectivity index (χ2n) is 8.02. The maximum absolute atomic E-state index is 13.2. The molecule has 0 aliphatic carbocycles. The number of nitrogens with zero attached hydrogens (tertiary/aromatic N) is 2. The Morgan fingerprint density at radius 3 is 2.71 bits per heavy atom. The molecule has 2 aliphatic rings. The standard InChI is InChI=1S/C24H25N3O4/c1-4-31-19-10-9-14(11-20(19)30-3)23-22-16(15-7-5-6-8-17(15)25-22)12-18-24(29)26(2)13-21(28)27(18)23/h5-11,18,23,25H,4,12-13H2,1-3H3/t18-,23+/m0/s1. The number of aromatic amines is 1. The van der Waals surface area contributed by atoms with Crippen LogP contribution in [0, 0.1) is 0 Å². The average Bonchev–Trinajstić information content (AvgIpc) is 3.15. The van der Waals surface area contributed by atoms with E-state index in [-0.39, 0.29) is 18.4 Å². The molecule has 0 bridgehead atoms. The molecule has 7 nitrogen and oxygen atoms in total. The molecule has 2 amide bonds. The number of hydrogen-bond donors (Lipinski definition) is 1. The van der Waals surface area contributed by atoms with Crippen molar-refractivity contribution in [3.8, 4) is 11.5 Å². The minimum atomic E-state index is -0.527. The van der Waals surface area contributed by atoms with E-state index in [1.165, 1.54) is 4.90 Å². The van der Waals surface area contributed by atoms with Crippen LogP contribution in [0.2, 0.25) is 0 Å². The number of methoxy groups -OCH3 is 1. The molecule has 2 atom stereocenters. The number of carbonyl (C=O) groups excluding carboxylic acids is 2. The summed E-state index contributed by atoms with van der Waals surface area (Å²) in [5, 5.41) is 1.09. The van der Waals surface area contributed by atoms with Crippen LogP contribution in [0.25, 0.3) is 10.9 Å². The number of fused-ring (bicyclic) bond motifs is 4. The number of nitrogens with one attached hydrogen (secondary N) is 1. The highest BCUT2D eigenvalue weighted by Crippen LogP contribution is 2.44. The zero-order chi connectivity index (χ0) is 21.7. The number of aromatic nitrogens is 1. The summed E-state index contributed by atoms with van der Waals surface area (Å²) in [6, 6.07) is 12.9. The van der Waals surface area contributed by atoms with Gasteiger partial charge in [-0.1, -0.05) is 24.3 Å². The van der Waals surface area contributed by atoms with Crippen LogP contribution in [-0.2, 0) is 16.0 Å². The number of likely N-dealkylation sites (N-methyl/N-ethyl adjacent to an activating group) is 1. The SMILES string of the molecule is CCOc1ccc([C@@H]2c3[nH]c4ccccc4c3C[C@H]3C(=O)N(C)CC(=O)N23)cc1OC. The second kappa shape index (κ2) is 7.34. The molecular formula is C24H25N3O4. The molecule has 1 saturated heterocycles. The van der Waals surface area contributed by atoms with E-state index in [0.29, 0.717) is 24.5 Å². The van der Waals surface area contributed by atoms with E-state index in [1.807, 2.05) is 43.3 Å². The lowest BCUT2D eigenvalue weighted by molar-refractivity contribution is -0.157. The van der Waals surface area contributed by atoms with Crippen LogP contribution in [0.15, 0.2) is 42.5 Å². The van der Waals surface area contributed by atoms with Crippen LogP contribution in [0.4, 0.5) is 0 Å². The fraction of sp³-hybridized carbons (Fsp3) is 0.333. The van der Waals surface area contributed by atoms with E-state index < -0.39 is 12.1 Å². The van der Waals surface area contributed by atoms with Gasteiger partial charge in [-0.3, -0.25) is 9.59 Å². The molecule has 2 aromatic carbocycles. The zero-order valence-corrected chi connectivity index (χ0v) is 17.8. The lowest BCUT2D eigenvalue weighted by Gasteiger charge is -2.46. The molecule has 3 aromatic rings. The Morgan fingerprint density at radius 2 is 1.94 bits per heavy atom. The minimum absolute atomic E-state index is 0.0292. The van der Waals surface area contributed by atoms with Crippen LogP contribution in [0.1, 0.15) is 29.8 Å². The summed E-state index contributed by atoms with van der Waals surface area (Å²) in [4.78, 5) is 33.1. The summed E-state index contributed by atoms with van der Waals surface area (Å²) < 4.78 is 11.2. The topological polar surface area (TPSA) is 74.9 Å². The van der Waals surface area contributed by atoms with E-state index in [4.69, 9.17) is 9.47 Å². The Morgan fingerprint density at radius 1 is 1.13 bits per heavy atom. The molecule has 0 saturated carbocycles. The number of hydrogen-bond acceptors (Lipinski definition) is 4. The average molecular weight is 419 g/mol. The van der Waals surface area contributed by atoms with Crippen molar-refractivity contribution >= 4 is 22.7 Å². The Kier molecular flexibility index (Phi) is 4.61. The molecule has 31 heavy (non-hydrogen) atoms. The number of H-pyrrole nitrogens is 1. The molecule has 1 fully saturated rings. The Bertz CT molecular complexity index is 1180.